The van der Waals surface area contributed by atoms with Gasteiger partial charge in [0.05, 0.1) is 17.6 Å². The van der Waals surface area contributed by atoms with Crippen LogP contribution < -0.4 is 10.6 Å². The van der Waals surface area contributed by atoms with Crippen molar-refractivity contribution in [1.29, 1.82) is 0 Å². The van der Waals surface area contributed by atoms with Crippen molar-refractivity contribution in [2.24, 2.45) is 0 Å². The van der Waals surface area contributed by atoms with Gasteiger partial charge < -0.3 is 15.2 Å². The fourth-order valence-corrected chi connectivity index (χ4v) is 3.99. The van der Waals surface area contributed by atoms with E-state index in [1.165, 1.54) is 17.1 Å². The van der Waals surface area contributed by atoms with Gasteiger partial charge in [-0.2, -0.15) is 0 Å². The third kappa shape index (κ3) is 3.60. The lowest BCUT2D eigenvalue weighted by Gasteiger charge is -2.15. The normalized spacial score (nSPS) is 12.2. The molecule has 0 aliphatic heterocycles. The third-order valence-corrected chi connectivity index (χ3v) is 5.66. The highest BCUT2D eigenvalue weighted by atomic mass is 19.1. The topological polar surface area (TPSA) is 116 Å². The first-order chi connectivity index (χ1) is 16.5. The van der Waals surface area contributed by atoms with E-state index in [-0.39, 0.29) is 11.9 Å². The monoisotopic (exact) mass is 458 g/mol. The molecule has 1 atom stereocenters. The Morgan fingerprint density at radius 2 is 1.82 bits per heavy atom. The second kappa shape index (κ2) is 8.50. The number of fused-ring (bicyclic) bond motifs is 1. The molecular weight excluding hydrogens is 435 g/mol. The lowest BCUT2D eigenvalue weighted by atomic mass is 10.1. The number of benzene rings is 1. The minimum atomic E-state index is -0.373. The molecule has 1 aromatic carbocycles. The van der Waals surface area contributed by atoms with Gasteiger partial charge in [-0.3, -0.25) is 0 Å². The van der Waals surface area contributed by atoms with Gasteiger partial charge in [0, 0.05) is 43.8 Å². The number of hydrogen-bond donors (Lipinski definition) is 1. The zero-order valence-corrected chi connectivity index (χ0v) is 19.0. The van der Waals surface area contributed by atoms with E-state index in [2.05, 4.69) is 30.2 Å². The molecule has 0 spiro atoms. The quantitative estimate of drug-likeness (QED) is 0.412. The molecule has 0 aliphatic carbocycles. The average molecular weight is 459 g/mol. The van der Waals surface area contributed by atoms with Crippen molar-refractivity contribution in [3.05, 3.63) is 66.9 Å². The predicted molar refractivity (Wildman–Crippen MR) is 127 cm³/mol. The molecule has 0 radical (unpaired) electrons. The number of aromatic nitrogens is 8. The predicted octanol–water partition coefficient (Wildman–Crippen LogP) is 3.26. The van der Waals surface area contributed by atoms with Crippen molar-refractivity contribution >= 4 is 22.8 Å². The minimum Gasteiger partial charge on any atom is -0.383 e. The maximum Gasteiger partial charge on any atom is 0.224 e. The molecule has 11 heteroatoms. The molecule has 0 amide bonds. The van der Waals surface area contributed by atoms with Gasteiger partial charge in [-0.15, -0.1) is 5.10 Å². The second-order valence-corrected chi connectivity index (χ2v) is 8.04. The van der Waals surface area contributed by atoms with Gasteiger partial charge in [0.2, 0.25) is 5.95 Å². The van der Waals surface area contributed by atoms with E-state index in [4.69, 9.17) is 5.73 Å². The average Bonchev–Trinajstić information content (AvgIpc) is 3.47. The molecule has 34 heavy (non-hydrogen) atoms. The first kappa shape index (κ1) is 21.4. The largest absolute Gasteiger partial charge is 0.383 e. The van der Waals surface area contributed by atoms with E-state index >= 15 is 0 Å². The van der Waals surface area contributed by atoms with Crippen LogP contribution in [0, 0.1) is 5.82 Å². The third-order valence-electron chi connectivity index (χ3n) is 5.66. The Balaban J connectivity index is 1.62. The van der Waals surface area contributed by atoms with Crippen LogP contribution >= 0.6 is 0 Å². The minimum absolute atomic E-state index is 0.215. The first-order valence-corrected chi connectivity index (χ1v) is 10.8. The van der Waals surface area contributed by atoms with Crippen LogP contribution in [0.25, 0.3) is 27.8 Å². The molecule has 5 aromatic rings. The number of nitrogen functional groups attached to an aromatic ring is 1. The van der Waals surface area contributed by atoms with Gasteiger partial charge in [-0.25, -0.2) is 29.0 Å². The summed E-state index contributed by atoms with van der Waals surface area (Å²) < 4.78 is 17.7. The van der Waals surface area contributed by atoms with Crippen molar-refractivity contribution in [3.8, 4) is 16.8 Å². The summed E-state index contributed by atoms with van der Waals surface area (Å²) in [6.07, 6.45) is 9.33. The molecule has 0 saturated heterocycles. The highest BCUT2D eigenvalue weighted by molar-refractivity contribution is 6.00. The molecule has 1 unspecified atom stereocenters. The lowest BCUT2D eigenvalue weighted by molar-refractivity contribution is 0.564. The standard InChI is InChI=1S/C23H23FN10/c1-4-18(17-12-34(31-30-17)19-8-6-5-7-16(19)24)33-11-15(20-21(25)28-13-29-22(20)33)14-9-26-23(27-10-14)32(2)3/h5-13,18H,4H2,1-3H3,(H2,25,28,29). The summed E-state index contributed by atoms with van der Waals surface area (Å²) in [5, 5.41) is 9.22. The number of nitrogens with two attached hydrogens (primary N) is 1. The van der Waals surface area contributed by atoms with Gasteiger partial charge in [0.1, 0.15) is 35.0 Å². The van der Waals surface area contributed by atoms with E-state index in [1.807, 2.05) is 36.7 Å². The summed E-state index contributed by atoms with van der Waals surface area (Å²) in [6.45, 7) is 2.04. The molecule has 0 fully saturated rings. The molecule has 4 aromatic heterocycles. The van der Waals surface area contributed by atoms with Crippen molar-refractivity contribution in [3.63, 3.8) is 0 Å². The number of hydrogen-bond acceptors (Lipinski definition) is 8. The Hall–Kier alpha value is -4.41. The van der Waals surface area contributed by atoms with Crippen molar-refractivity contribution in [1.82, 2.24) is 39.5 Å². The molecule has 2 N–H and O–H groups in total. The summed E-state index contributed by atoms with van der Waals surface area (Å²) in [6, 6.07) is 6.23. The Bertz CT molecular complexity index is 1450. The Labute approximate surface area is 194 Å². The molecule has 4 heterocycles. The zero-order valence-electron chi connectivity index (χ0n) is 19.0. The number of halogens is 1. The first-order valence-electron chi connectivity index (χ1n) is 10.8. The van der Waals surface area contributed by atoms with E-state index in [0.29, 0.717) is 40.6 Å². The van der Waals surface area contributed by atoms with Crippen LogP contribution in [0.5, 0.6) is 0 Å². The number of rotatable bonds is 6. The maximum absolute atomic E-state index is 14.3. The van der Waals surface area contributed by atoms with Crippen LogP contribution in [0.1, 0.15) is 25.1 Å². The molecule has 0 aliphatic rings. The van der Waals surface area contributed by atoms with Gasteiger partial charge in [0.25, 0.3) is 0 Å². The van der Waals surface area contributed by atoms with E-state index in [1.54, 1.807) is 36.8 Å². The molecular formula is C23H23FN10. The van der Waals surface area contributed by atoms with Crippen LogP contribution in [0.4, 0.5) is 16.2 Å². The van der Waals surface area contributed by atoms with Crippen molar-refractivity contribution in [2.45, 2.75) is 19.4 Å². The number of anilines is 2. The number of para-hydroxylation sites is 1. The SMILES string of the molecule is CCC(c1cn(-c2ccccc2F)nn1)n1cc(-c2cnc(N(C)C)nc2)c2c(N)ncnc21. The molecule has 0 saturated carbocycles. The Kier molecular flexibility index (Phi) is 5.36. The van der Waals surface area contributed by atoms with E-state index in [9.17, 15) is 4.39 Å². The molecule has 172 valence electrons. The van der Waals surface area contributed by atoms with Crippen LogP contribution in [0.3, 0.4) is 0 Å². The fourth-order valence-electron chi connectivity index (χ4n) is 3.99. The van der Waals surface area contributed by atoms with Gasteiger partial charge in [0.15, 0.2) is 0 Å². The van der Waals surface area contributed by atoms with Gasteiger partial charge in [-0.1, -0.05) is 24.3 Å². The van der Waals surface area contributed by atoms with Crippen LogP contribution in [0.2, 0.25) is 0 Å². The molecule has 10 nitrogen and oxygen atoms in total. The molecule has 0 bridgehead atoms. The Morgan fingerprint density at radius 3 is 2.53 bits per heavy atom. The summed E-state index contributed by atoms with van der Waals surface area (Å²) in [7, 11) is 3.76. The maximum atomic E-state index is 14.3. The van der Waals surface area contributed by atoms with E-state index < -0.39 is 0 Å². The highest BCUT2D eigenvalue weighted by Crippen LogP contribution is 2.36. The number of nitrogens with zero attached hydrogens (tertiary/aromatic N) is 9. The van der Waals surface area contributed by atoms with Gasteiger partial charge in [-0.05, 0) is 18.6 Å². The fraction of sp³-hybridized carbons (Fsp3) is 0.217. The summed E-state index contributed by atoms with van der Waals surface area (Å²) in [4.78, 5) is 19.4. The smallest absolute Gasteiger partial charge is 0.224 e. The zero-order chi connectivity index (χ0) is 23.8. The summed E-state index contributed by atoms with van der Waals surface area (Å²) in [5.41, 5.74) is 9.55. The Morgan fingerprint density at radius 1 is 1.06 bits per heavy atom. The summed E-state index contributed by atoms with van der Waals surface area (Å²) in [5.74, 6) is 0.593. The van der Waals surface area contributed by atoms with Crippen molar-refractivity contribution in [2.75, 3.05) is 24.7 Å². The summed E-state index contributed by atoms with van der Waals surface area (Å²) >= 11 is 0. The second-order valence-electron chi connectivity index (χ2n) is 8.04. The highest BCUT2D eigenvalue weighted by Gasteiger charge is 2.23. The van der Waals surface area contributed by atoms with Crippen LogP contribution in [0.15, 0.2) is 55.4 Å². The van der Waals surface area contributed by atoms with E-state index in [0.717, 1.165) is 11.1 Å². The lowest BCUT2D eigenvalue weighted by Crippen LogP contribution is -2.12. The van der Waals surface area contributed by atoms with Crippen LogP contribution in [-0.2, 0) is 0 Å². The van der Waals surface area contributed by atoms with Crippen molar-refractivity contribution < 1.29 is 4.39 Å². The molecule has 5 rings (SSSR count). The van der Waals surface area contributed by atoms with Gasteiger partial charge >= 0.3 is 0 Å². The van der Waals surface area contributed by atoms with Crippen LogP contribution in [-0.4, -0.2) is 53.6 Å².